The molecule has 24 heavy (non-hydrogen) atoms. The number of thiophene rings is 1. The Morgan fingerprint density at radius 2 is 2.21 bits per heavy atom. The molecule has 0 saturated heterocycles. The van der Waals surface area contributed by atoms with Crippen molar-refractivity contribution in [3.05, 3.63) is 11.6 Å². The molecule has 0 spiro atoms. The van der Waals surface area contributed by atoms with Crippen molar-refractivity contribution in [1.29, 1.82) is 0 Å². The van der Waals surface area contributed by atoms with Gasteiger partial charge in [0.2, 0.25) is 15.9 Å². The van der Waals surface area contributed by atoms with Crippen LogP contribution in [0.5, 0.6) is 0 Å². The first-order valence-corrected chi connectivity index (χ1v) is 10.8. The van der Waals surface area contributed by atoms with Crippen LogP contribution < -0.4 is 10.5 Å². The molecule has 2 atom stereocenters. The number of nitrogens with two attached hydrogens (primary N) is 1. The van der Waals surface area contributed by atoms with Gasteiger partial charge in [0, 0.05) is 24.3 Å². The van der Waals surface area contributed by atoms with Crippen LogP contribution >= 0.6 is 23.1 Å². The van der Waals surface area contributed by atoms with Crippen LogP contribution in [0.4, 0.5) is 0 Å². The number of nitrogens with one attached hydrogen (secondary N) is 1. The largest absolute Gasteiger partial charge is 0.382 e. The van der Waals surface area contributed by atoms with Gasteiger partial charge in [-0.15, -0.1) is 23.1 Å². The first-order chi connectivity index (χ1) is 11.3. The van der Waals surface area contributed by atoms with E-state index in [-0.39, 0.29) is 21.4 Å². The topological polar surface area (TPSA) is 108 Å². The van der Waals surface area contributed by atoms with E-state index in [4.69, 9.17) is 14.6 Å². The molecule has 0 saturated carbocycles. The molecule has 10 heteroatoms. The fourth-order valence-corrected chi connectivity index (χ4v) is 6.14. The van der Waals surface area contributed by atoms with E-state index < -0.39 is 10.0 Å². The Kier molecular flexibility index (Phi) is 7.08. The maximum atomic E-state index is 11.8. The number of carbonyl (C=O) groups excluding carboxylic acids is 1. The van der Waals surface area contributed by atoms with Gasteiger partial charge in [-0.3, -0.25) is 4.79 Å². The molecule has 0 fully saturated rings. The molecule has 1 aromatic rings. The SMILES string of the molecule is CCC(=O)NC1CC(COCCOC)Sc2sc(S(N)(=O)=O)cc21. The van der Waals surface area contributed by atoms with Crippen molar-refractivity contribution in [1.82, 2.24) is 5.32 Å². The van der Waals surface area contributed by atoms with Crippen molar-refractivity contribution in [2.45, 2.75) is 39.5 Å². The Hall–Kier alpha value is -0.650. The van der Waals surface area contributed by atoms with E-state index in [0.29, 0.717) is 32.7 Å². The molecule has 0 bridgehead atoms. The number of hydrogen-bond acceptors (Lipinski definition) is 7. The molecule has 2 unspecified atom stereocenters. The Morgan fingerprint density at radius 3 is 2.83 bits per heavy atom. The fraction of sp³-hybridized carbons (Fsp3) is 0.643. The molecule has 1 aromatic heterocycles. The van der Waals surface area contributed by atoms with Crippen LogP contribution in [0.25, 0.3) is 0 Å². The highest BCUT2D eigenvalue weighted by Crippen LogP contribution is 2.46. The summed E-state index contributed by atoms with van der Waals surface area (Å²) < 4.78 is 34.8. The molecule has 7 nitrogen and oxygen atoms in total. The second kappa shape index (κ2) is 8.63. The third kappa shape index (κ3) is 5.17. The summed E-state index contributed by atoms with van der Waals surface area (Å²) in [4.78, 5) is 11.8. The third-order valence-corrected chi connectivity index (χ3v) is 7.54. The predicted molar refractivity (Wildman–Crippen MR) is 93.8 cm³/mol. The molecule has 0 radical (unpaired) electrons. The minimum absolute atomic E-state index is 0.0692. The predicted octanol–water partition coefficient (Wildman–Crippen LogP) is 1.49. The van der Waals surface area contributed by atoms with Gasteiger partial charge in [0.1, 0.15) is 4.21 Å². The van der Waals surface area contributed by atoms with Crippen molar-refractivity contribution in [2.24, 2.45) is 5.14 Å². The molecule has 3 N–H and O–H groups in total. The van der Waals surface area contributed by atoms with Crippen LogP contribution in [-0.2, 0) is 24.3 Å². The molecule has 1 amide bonds. The summed E-state index contributed by atoms with van der Waals surface area (Å²) in [5.74, 6) is -0.0692. The minimum Gasteiger partial charge on any atom is -0.382 e. The van der Waals surface area contributed by atoms with Crippen molar-refractivity contribution in [3.8, 4) is 0 Å². The number of sulfonamides is 1. The molecule has 1 aliphatic rings. The van der Waals surface area contributed by atoms with Crippen LogP contribution in [0.1, 0.15) is 31.4 Å². The van der Waals surface area contributed by atoms with E-state index in [1.807, 2.05) is 0 Å². The van der Waals surface area contributed by atoms with E-state index in [0.717, 1.165) is 21.1 Å². The van der Waals surface area contributed by atoms with Crippen LogP contribution in [0.2, 0.25) is 0 Å². The van der Waals surface area contributed by atoms with Crippen LogP contribution in [-0.4, -0.2) is 46.5 Å². The van der Waals surface area contributed by atoms with Gasteiger partial charge in [0.15, 0.2) is 0 Å². The molecular formula is C14H22N2O5S3. The van der Waals surface area contributed by atoms with Gasteiger partial charge in [-0.1, -0.05) is 6.92 Å². The molecule has 2 rings (SSSR count). The first-order valence-electron chi connectivity index (χ1n) is 7.54. The fourth-order valence-electron chi connectivity index (χ4n) is 2.32. The van der Waals surface area contributed by atoms with E-state index >= 15 is 0 Å². The normalized spacial score (nSPS) is 20.6. The summed E-state index contributed by atoms with van der Waals surface area (Å²) in [6.07, 6.45) is 1.05. The second-order valence-electron chi connectivity index (χ2n) is 5.37. The van der Waals surface area contributed by atoms with Crippen molar-refractivity contribution >= 4 is 39.0 Å². The monoisotopic (exact) mass is 394 g/mol. The average molecular weight is 395 g/mol. The van der Waals surface area contributed by atoms with E-state index in [1.165, 1.54) is 0 Å². The number of primary sulfonamides is 1. The summed E-state index contributed by atoms with van der Waals surface area (Å²) in [6.45, 7) is 3.31. The maximum absolute atomic E-state index is 11.8. The van der Waals surface area contributed by atoms with E-state index in [2.05, 4.69) is 5.32 Å². The number of ether oxygens (including phenoxy) is 2. The van der Waals surface area contributed by atoms with Gasteiger partial charge in [-0.05, 0) is 12.5 Å². The van der Waals surface area contributed by atoms with Gasteiger partial charge in [-0.2, -0.15) is 0 Å². The van der Waals surface area contributed by atoms with Gasteiger partial charge in [0.25, 0.3) is 0 Å². The smallest absolute Gasteiger partial charge is 0.247 e. The summed E-state index contributed by atoms with van der Waals surface area (Å²) in [7, 11) is -2.14. The molecule has 1 aliphatic heterocycles. The standard InChI is InChI=1S/C14H22N2O5S3/c1-3-12(17)16-11-6-9(8-21-5-4-20-2)22-14-10(11)7-13(23-14)24(15,18)19/h7,9,11H,3-6,8H2,1-2H3,(H,16,17)(H2,15,18,19). The molecule has 0 aliphatic carbocycles. The van der Waals surface area contributed by atoms with Crippen molar-refractivity contribution < 1.29 is 22.7 Å². The number of thioether (sulfide) groups is 1. The van der Waals surface area contributed by atoms with Crippen LogP contribution in [0.3, 0.4) is 0 Å². The highest BCUT2D eigenvalue weighted by molar-refractivity contribution is 8.02. The lowest BCUT2D eigenvalue weighted by Crippen LogP contribution is -2.33. The number of rotatable bonds is 8. The number of hydrogen-bond donors (Lipinski definition) is 2. The maximum Gasteiger partial charge on any atom is 0.247 e. The Bertz CT molecular complexity index is 674. The van der Waals surface area contributed by atoms with E-state index in [9.17, 15) is 13.2 Å². The highest BCUT2D eigenvalue weighted by atomic mass is 32.3. The lowest BCUT2D eigenvalue weighted by atomic mass is 10.0. The Morgan fingerprint density at radius 1 is 1.46 bits per heavy atom. The zero-order valence-electron chi connectivity index (χ0n) is 13.6. The van der Waals surface area contributed by atoms with Gasteiger partial charge < -0.3 is 14.8 Å². The Balaban J connectivity index is 2.17. The number of methoxy groups -OCH3 is 1. The van der Waals surface area contributed by atoms with Gasteiger partial charge >= 0.3 is 0 Å². The number of carbonyl (C=O) groups is 1. The average Bonchev–Trinajstić information content (AvgIpc) is 2.96. The van der Waals surface area contributed by atoms with Crippen LogP contribution in [0, 0.1) is 0 Å². The summed E-state index contributed by atoms with van der Waals surface area (Å²) in [5, 5.41) is 8.33. The first kappa shape index (κ1) is 19.7. The van der Waals surface area contributed by atoms with Crippen molar-refractivity contribution in [3.63, 3.8) is 0 Å². The Labute approximate surface area is 150 Å². The zero-order chi connectivity index (χ0) is 17.7. The molecular weight excluding hydrogens is 372 g/mol. The minimum atomic E-state index is -3.75. The lowest BCUT2D eigenvalue weighted by molar-refractivity contribution is -0.121. The number of amides is 1. The third-order valence-electron chi connectivity index (χ3n) is 3.52. The van der Waals surface area contributed by atoms with Crippen molar-refractivity contribution in [2.75, 3.05) is 26.9 Å². The lowest BCUT2D eigenvalue weighted by Gasteiger charge is -2.29. The molecule has 0 aromatic carbocycles. The molecule has 136 valence electrons. The quantitative estimate of drug-likeness (QED) is 0.647. The number of fused-ring (bicyclic) bond motifs is 1. The zero-order valence-corrected chi connectivity index (χ0v) is 16.1. The summed E-state index contributed by atoms with van der Waals surface area (Å²) in [6, 6.07) is 1.35. The molecule has 2 heterocycles. The van der Waals surface area contributed by atoms with Crippen LogP contribution in [0.15, 0.2) is 14.5 Å². The van der Waals surface area contributed by atoms with E-state index in [1.54, 1.807) is 31.9 Å². The second-order valence-corrected chi connectivity index (χ2v) is 9.78. The summed E-state index contributed by atoms with van der Waals surface area (Å²) >= 11 is 2.72. The van der Waals surface area contributed by atoms with Gasteiger partial charge in [-0.25, -0.2) is 13.6 Å². The van der Waals surface area contributed by atoms with Gasteiger partial charge in [0.05, 0.1) is 30.1 Å². The highest BCUT2D eigenvalue weighted by Gasteiger charge is 2.32. The summed E-state index contributed by atoms with van der Waals surface area (Å²) in [5.41, 5.74) is 0.823.